The Morgan fingerprint density at radius 1 is 1.24 bits per heavy atom. The van der Waals surface area contributed by atoms with E-state index in [4.69, 9.17) is 5.73 Å². The van der Waals surface area contributed by atoms with Crippen molar-refractivity contribution in [2.45, 2.75) is 25.3 Å². The van der Waals surface area contributed by atoms with Crippen LogP contribution in [0.4, 0.5) is 0 Å². The summed E-state index contributed by atoms with van der Waals surface area (Å²) in [6.07, 6.45) is 4.39. The molecule has 1 saturated heterocycles. The Morgan fingerprint density at radius 3 is 2.86 bits per heavy atom. The zero-order chi connectivity index (χ0) is 14.7. The fraction of sp³-hybridized carbons (Fsp3) is 0.375. The Morgan fingerprint density at radius 2 is 2.05 bits per heavy atom. The van der Waals surface area contributed by atoms with E-state index in [1.807, 2.05) is 35.2 Å². The molecule has 0 unspecified atom stereocenters. The van der Waals surface area contributed by atoms with E-state index in [9.17, 15) is 4.79 Å². The van der Waals surface area contributed by atoms with Gasteiger partial charge in [0.1, 0.15) is 11.4 Å². The summed E-state index contributed by atoms with van der Waals surface area (Å²) in [7, 11) is 0. The molecule has 0 radical (unpaired) electrons. The third-order valence-corrected chi connectivity index (χ3v) is 3.96. The lowest BCUT2D eigenvalue weighted by Crippen LogP contribution is -2.33. The van der Waals surface area contributed by atoms with Crippen molar-refractivity contribution in [1.29, 1.82) is 0 Å². The van der Waals surface area contributed by atoms with E-state index >= 15 is 0 Å². The molecule has 1 fully saturated rings. The first-order valence-corrected chi connectivity index (χ1v) is 7.39. The Bertz CT molecular complexity index is 608. The summed E-state index contributed by atoms with van der Waals surface area (Å²) in [5.74, 6) is 0.0143. The third kappa shape index (κ3) is 2.97. The topological polar surface area (TPSA) is 75.0 Å². The number of aromatic amines is 1. The van der Waals surface area contributed by atoms with Crippen molar-refractivity contribution in [3.8, 4) is 11.3 Å². The van der Waals surface area contributed by atoms with Crippen molar-refractivity contribution in [1.82, 2.24) is 14.9 Å². The number of aromatic nitrogens is 2. The molecule has 21 heavy (non-hydrogen) atoms. The lowest BCUT2D eigenvalue weighted by molar-refractivity contribution is 0.0757. The predicted octanol–water partition coefficient (Wildman–Crippen LogP) is 2.03. The van der Waals surface area contributed by atoms with Crippen LogP contribution >= 0.6 is 0 Å². The highest BCUT2D eigenvalue weighted by molar-refractivity contribution is 5.98. The summed E-state index contributed by atoms with van der Waals surface area (Å²) in [5.41, 5.74) is 8.21. The number of benzene rings is 1. The largest absolute Gasteiger partial charge is 0.340 e. The maximum atomic E-state index is 12.7. The molecule has 1 aromatic heterocycles. The van der Waals surface area contributed by atoms with Crippen LogP contribution < -0.4 is 5.73 Å². The quantitative estimate of drug-likeness (QED) is 0.886. The number of nitrogens with two attached hydrogens (primary N) is 1. The first kappa shape index (κ1) is 13.8. The molecule has 1 amide bonds. The number of H-pyrrole nitrogens is 1. The van der Waals surface area contributed by atoms with Crippen LogP contribution in [0, 0.1) is 0 Å². The number of nitrogens with one attached hydrogen (secondary N) is 1. The highest BCUT2D eigenvalue weighted by Crippen LogP contribution is 2.22. The van der Waals surface area contributed by atoms with Crippen LogP contribution in [0.3, 0.4) is 0 Å². The molecule has 1 atom stereocenters. The zero-order valence-corrected chi connectivity index (χ0v) is 12.0. The summed E-state index contributed by atoms with van der Waals surface area (Å²) >= 11 is 0. The number of nitrogens with zero attached hydrogens (tertiary/aromatic N) is 2. The number of carbonyl (C=O) groups is 1. The third-order valence-electron chi connectivity index (χ3n) is 3.96. The Hall–Kier alpha value is -2.14. The zero-order valence-electron chi connectivity index (χ0n) is 12.0. The van der Waals surface area contributed by atoms with Crippen molar-refractivity contribution in [3.63, 3.8) is 0 Å². The minimum Gasteiger partial charge on any atom is -0.340 e. The van der Waals surface area contributed by atoms with Gasteiger partial charge in [-0.15, -0.1) is 0 Å². The van der Waals surface area contributed by atoms with Crippen LogP contribution in [0.25, 0.3) is 11.3 Å². The molecule has 1 aliphatic rings. The number of carbonyl (C=O) groups excluding carboxylic acids is 1. The van der Waals surface area contributed by atoms with E-state index in [0.29, 0.717) is 17.9 Å². The second-order valence-electron chi connectivity index (χ2n) is 5.48. The second-order valence-corrected chi connectivity index (χ2v) is 5.48. The van der Waals surface area contributed by atoms with Crippen LogP contribution in [0.2, 0.25) is 0 Å². The fourth-order valence-electron chi connectivity index (χ4n) is 2.76. The summed E-state index contributed by atoms with van der Waals surface area (Å²) in [6.45, 7) is 1.48. The maximum Gasteiger partial charge on any atom is 0.272 e. The van der Waals surface area contributed by atoms with E-state index in [-0.39, 0.29) is 11.9 Å². The standard InChI is InChI=1S/C16H20N4O/c17-13-7-4-9-20(10-8-13)16(21)15-14(18-11-19-15)12-5-2-1-3-6-12/h1-3,5-6,11,13H,4,7-10,17H2,(H,18,19)/t13-/m1/s1. The van der Waals surface area contributed by atoms with Gasteiger partial charge in [0, 0.05) is 24.7 Å². The van der Waals surface area contributed by atoms with Crippen molar-refractivity contribution in [2.75, 3.05) is 13.1 Å². The van der Waals surface area contributed by atoms with Crippen molar-refractivity contribution >= 4 is 5.91 Å². The summed E-state index contributed by atoms with van der Waals surface area (Å²) in [4.78, 5) is 21.9. The molecule has 110 valence electrons. The number of hydrogen-bond acceptors (Lipinski definition) is 3. The Kier molecular flexibility index (Phi) is 4.01. The average molecular weight is 284 g/mol. The normalized spacial score (nSPS) is 19.3. The number of imidazole rings is 1. The fourth-order valence-corrected chi connectivity index (χ4v) is 2.76. The number of rotatable bonds is 2. The number of amides is 1. The van der Waals surface area contributed by atoms with Gasteiger partial charge in [-0.2, -0.15) is 0 Å². The molecule has 1 aliphatic heterocycles. The Labute approximate surface area is 124 Å². The molecule has 2 aromatic rings. The average Bonchev–Trinajstić information content (AvgIpc) is 2.90. The molecule has 0 saturated carbocycles. The summed E-state index contributed by atoms with van der Waals surface area (Å²) < 4.78 is 0. The Balaban J connectivity index is 1.84. The molecular weight excluding hydrogens is 264 g/mol. The van der Waals surface area contributed by atoms with Gasteiger partial charge in [-0.3, -0.25) is 4.79 Å². The first-order valence-electron chi connectivity index (χ1n) is 7.39. The molecule has 0 spiro atoms. The van der Waals surface area contributed by atoms with Crippen molar-refractivity contribution < 1.29 is 4.79 Å². The highest BCUT2D eigenvalue weighted by Gasteiger charge is 2.23. The summed E-state index contributed by atoms with van der Waals surface area (Å²) in [5, 5.41) is 0. The lowest BCUT2D eigenvalue weighted by Gasteiger charge is -2.20. The molecule has 5 heteroatoms. The minimum atomic E-state index is 0.0143. The lowest BCUT2D eigenvalue weighted by atomic mass is 10.1. The van der Waals surface area contributed by atoms with Crippen molar-refractivity contribution in [2.24, 2.45) is 5.73 Å². The molecule has 0 aliphatic carbocycles. The molecule has 1 aromatic carbocycles. The number of hydrogen-bond donors (Lipinski definition) is 2. The van der Waals surface area contributed by atoms with Gasteiger partial charge >= 0.3 is 0 Å². The van der Waals surface area contributed by atoms with Crippen LogP contribution in [-0.2, 0) is 0 Å². The number of likely N-dealkylation sites (tertiary alicyclic amines) is 1. The van der Waals surface area contributed by atoms with Crippen molar-refractivity contribution in [3.05, 3.63) is 42.4 Å². The SMILES string of the molecule is N[C@@H]1CCCN(C(=O)c2[nH]cnc2-c2ccccc2)CC1. The van der Waals surface area contributed by atoms with Gasteiger partial charge in [0.2, 0.25) is 0 Å². The van der Waals surface area contributed by atoms with E-state index in [1.54, 1.807) is 6.33 Å². The maximum absolute atomic E-state index is 12.7. The molecule has 3 rings (SSSR count). The van der Waals surface area contributed by atoms with Gasteiger partial charge in [0.25, 0.3) is 5.91 Å². The minimum absolute atomic E-state index is 0.0143. The molecule has 2 heterocycles. The van der Waals surface area contributed by atoms with E-state index in [1.165, 1.54) is 0 Å². The predicted molar refractivity (Wildman–Crippen MR) is 81.8 cm³/mol. The van der Waals surface area contributed by atoms with Gasteiger partial charge in [-0.1, -0.05) is 30.3 Å². The summed E-state index contributed by atoms with van der Waals surface area (Å²) in [6, 6.07) is 9.98. The molecule has 0 bridgehead atoms. The molecule has 3 N–H and O–H groups in total. The van der Waals surface area contributed by atoms with Gasteiger partial charge in [0.15, 0.2) is 0 Å². The van der Waals surface area contributed by atoms with Crippen LogP contribution in [0.15, 0.2) is 36.7 Å². The van der Waals surface area contributed by atoms with E-state index in [0.717, 1.165) is 31.4 Å². The highest BCUT2D eigenvalue weighted by atomic mass is 16.2. The van der Waals surface area contributed by atoms with Crippen LogP contribution in [0.5, 0.6) is 0 Å². The van der Waals surface area contributed by atoms with Gasteiger partial charge in [-0.25, -0.2) is 4.98 Å². The van der Waals surface area contributed by atoms with Crippen LogP contribution in [-0.4, -0.2) is 39.9 Å². The van der Waals surface area contributed by atoms with Gasteiger partial charge in [0.05, 0.1) is 6.33 Å². The monoisotopic (exact) mass is 284 g/mol. The van der Waals surface area contributed by atoms with E-state index in [2.05, 4.69) is 9.97 Å². The first-order chi connectivity index (χ1) is 10.3. The molecule has 5 nitrogen and oxygen atoms in total. The second kappa shape index (κ2) is 6.10. The molecular formula is C16H20N4O. The smallest absolute Gasteiger partial charge is 0.272 e. The van der Waals surface area contributed by atoms with Gasteiger partial charge in [-0.05, 0) is 19.3 Å². The van der Waals surface area contributed by atoms with E-state index < -0.39 is 0 Å². The van der Waals surface area contributed by atoms with Crippen LogP contribution in [0.1, 0.15) is 29.8 Å². The van der Waals surface area contributed by atoms with Gasteiger partial charge < -0.3 is 15.6 Å².